The molecule has 2 unspecified atom stereocenters. The summed E-state index contributed by atoms with van der Waals surface area (Å²) in [5, 5.41) is 11.7. The fraction of sp³-hybridized carbons (Fsp3) is 0.652. The average molecular weight is 449 g/mol. The highest BCUT2D eigenvalue weighted by atomic mass is 19.4. The monoisotopic (exact) mass is 448 g/mol. The number of hydrogen-bond donors (Lipinski definition) is 2. The predicted molar refractivity (Wildman–Crippen MR) is 115 cm³/mol. The van der Waals surface area contributed by atoms with Crippen LogP contribution in [0.3, 0.4) is 0 Å². The molecule has 4 nitrogen and oxygen atoms in total. The number of hydrazine groups is 1. The van der Waals surface area contributed by atoms with Gasteiger partial charge in [0.25, 0.3) is 0 Å². The molecule has 2 atom stereocenters. The van der Waals surface area contributed by atoms with Crippen LogP contribution < -0.4 is 10.6 Å². The lowest BCUT2D eigenvalue weighted by Gasteiger charge is -2.41. The lowest BCUT2D eigenvalue weighted by atomic mass is 9.71. The first-order valence-electron chi connectivity index (χ1n) is 10.6. The summed E-state index contributed by atoms with van der Waals surface area (Å²) in [4.78, 5) is 0. The van der Waals surface area contributed by atoms with Gasteiger partial charge in [0.05, 0.1) is 13.7 Å². The summed E-state index contributed by atoms with van der Waals surface area (Å²) < 4.78 is 61.3. The molecule has 3 N–H and O–H groups in total. The van der Waals surface area contributed by atoms with Gasteiger partial charge in [-0.1, -0.05) is 39.2 Å². The number of ether oxygens (including phenoxy) is 1. The van der Waals surface area contributed by atoms with Crippen molar-refractivity contribution < 1.29 is 27.4 Å². The lowest BCUT2D eigenvalue weighted by Crippen LogP contribution is -2.57. The Bertz CT molecular complexity index is 739. The number of aliphatic hydroxyl groups is 1. The minimum absolute atomic E-state index is 0.224. The number of rotatable bonds is 12. The van der Waals surface area contributed by atoms with Gasteiger partial charge in [0.15, 0.2) is 5.60 Å². The molecule has 1 aromatic rings. The fourth-order valence-corrected chi connectivity index (χ4v) is 3.80. The number of hydrogen-bond acceptors (Lipinski definition) is 4. The maximum absolute atomic E-state index is 14.0. The molecule has 0 saturated heterocycles. The molecular weight excluding hydrogens is 412 g/mol. The normalized spacial score (nSPS) is 16.5. The van der Waals surface area contributed by atoms with E-state index < -0.39 is 36.0 Å². The van der Waals surface area contributed by atoms with Crippen LogP contribution in [0.2, 0.25) is 0 Å². The van der Waals surface area contributed by atoms with Crippen molar-refractivity contribution in [1.82, 2.24) is 5.01 Å². The zero-order valence-corrected chi connectivity index (χ0v) is 19.2. The highest BCUT2D eigenvalue weighted by molar-refractivity contribution is 5.40. The molecule has 0 bridgehead atoms. The Morgan fingerprint density at radius 2 is 1.87 bits per heavy atom. The van der Waals surface area contributed by atoms with Gasteiger partial charge in [-0.05, 0) is 56.2 Å². The van der Waals surface area contributed by atoms with Crippen LogP contribution >= 0.6 is 0 Å². The third-order valence-electron chi connectivity index (χ3n) is 5.81. The average Bonchev–Trinajstić information content (AvgIpc) is 2.66. The van der Waals surface area contributed by atoms with E-state index in [0.29, 0.717) is 0 Å². The van der Waals surface area contributed by atoms with Crippen LogP contribution in [-0.2, 0) is 5.41 Å². The van der Waals surface area contributed by atoms with Crippen molar-refractivity contribution >= 4 is 0 Å². The Balaban J connectivity index is 3.23. The second-order valence-corrected chi connectivity index (χ2v) is 8.57. The third-order valence-corrected chi connectivity index (χ3v) is 5.81. The Hall–Kier alpha value is -1.80. The van der Waals surface area contributed by atoms with E-state index in [-0.39, 0.29) is 17.7 Å². The smallest absolute Gasteiger partial charge is 0.419 e. The first-order chi connectivity index (χ1) is 14.3. The minimum atomic E-state index is -4.94. The zero-order valence-electron chi connectivity index (χ0n) is 19.2. The summed E-state index contributed by atoms with van der Waals surface area (Å²) in [7, 11) is 1.37. The maximum atomic E-state index is 14.0. The van der Waals surface area contributed by atoms with Gasteiger partial charge < -0.3 is 14.9 Å². The van der Waals surface area contributed by atoms with Gasteiger partial charge in [-0.3, -0.25) is 0 Å². The summed E-state index contributed by atoms with van der Waals surface area (Å²) >= 11 is 0. The van der Waals surface area contributed by atoms with Crippen LogP contribution in [0, 0.1) is 5.82 Å². The molecule has 0 amide bonds. The third kappa shape index (κ3) is 7.38. The lowest BCUT2D eigenvalue weighted by molar-refractivity contribution is -0.270. The summed E-state index contributed by atoms with van der Waals surface area (Å²) in [6, 6.07) is 3.72. The summed E-state index contributed by atoms with van der Waals surface area (Å²) in [5.41, 5.74) is -3.21. The Morgan fingerprint density at radius 3 is 2.39 bits per heavy atom. The quantitative estimate of drug-likeness (QED) is 0.182. The predicted octanol–water partition coefficient (Wildman–Crippen LogP) is 5.85. The van der Waals surface area contributed by atoms with Crippen LogP contribution in [-0.4, -0.2) is 35.5 Å². The molecule has 0 aromatic heterocycles. The van der Waals surface area contributed by atoms with Crippen LogP contribution in [0.5, 0.6) is 5.75 Å². The van der Waals surface area contributed by atoms with Crippen molar-refractivity contribution in [3.63, 3.8) is 0 Å². The molecule has 1 aromatic carbocycles. The number of nitrogens with zero attached hydrogens (tertiary/aromatic N) is 1. The molecule has 0 fully saturated rings. The highest BCUT2D eigenvalue weighted by Gasteiger charge is 2.57. The van der Waals surface area contributed by atoms with E-state index in [2.05, 4.69) is 6.92 Å². The van der Waals surface area contributed by atoms with E-state index in [9.17, 15) is 22.7 Å². The van der Waals surface area contributed by atoms with E-state index >= 15 is 0 Å². The molecule has 8 heteroatoms. The summed E-state index contributed by atoms with van der Waals surface area (Å²) in [5.74, 6) is 5.54. The van der Waals surface area contributed by atoms with Crippen LogP contribution in [0.1, 0.15) is 71.8 Å². The van der Waals surface area contributed by atoms with Crippen molar-refractivity contribution in [3.05, 3.63) is 41.4 Å². The standard InChI is InChI=1S/C23H36F4N2O2/c1-6-8-9-10-17(3)14-29(28)16-22(30,23(25,26)27)15-21(4,7-2)19-13-18(24)11-12-20(19)31-5/h11-14,30H,6-10,15-16,28H2,1-5H3/b17-14-. The zero-order chi connectivity index (χ0) is 23.9. The van der Waals surface area contributed by atoms with Gasteiger partial charge >= 0.3 is 6.18 Å². The second kappa shape index (κ2) is 11.2. The van der Waals surface area contributed by atoms with Crippen LogP contribution in [0.25, 0.3) is 0 Å². The number of unbranched alkanes of at least 4 members (excludes halogenated alkanes) is 2. The largest absolute Gasteiger partial charge is 0.496 e. The van der Waals surface area contributed by atoms with E-state index in [4.69, 9.17) is 10.6 Å². The molecular formula is C23H36F4N2O2. The van der Waals surface area contributed by atoms with Gasteiger partial charge in [0, 0.05) is 11.8 Å². The number of nitrogens with two attached hydrogens (primary N) is 1. The SMILES string of the molecule is CCCCC/C(C)=C\N(N)CC(O)(CC(C)(CC)c1cc(F)ccc1OC)C(F)(F)F. The Morgan fingerprint density at radius 1 is 1.23 bits per heavy atom. The van der Waals surface area contributed by atoms with E-state index in [0.717, 1.165) is 42.3 Å². The van der Waals surface area contributed by atoms with Crippen molar-refractivity contribution in [3.8, 4) is 5.75 Å². The van der Waals surface area contributed by atoms with Crippen molar-refractivity contribution in [2.75, 3.05) is 13.7 Å². The molecule has 0 saturated carbocycles. The number of allylic oxidation sites excluding steroid dienone is 1. The molecule has 0 aliphatic rings. The van der Waals surface area contributed by atoms with E-state index in [1.54, 1.807) is 20.8 Å². The molecule has 0 aliphatic carbocycles. The van der Waals surface area contributed by atoms with Crippen LogP contribution in [0.15, 0.2) is 30.0 Å². The first kappa shape index (κ1) is 27.2. The number of methoxy groups -OCH3 is 1. The summed E-state index contributed by atoms with van der Waals surface area (Å²) in [6.45, 7) is 6.29. The summed E-state index contributed by atoms with van der Waals surface area (Å²) in [6.07, 6.45) is -0.274. The van der Waals surface area contributed by atoms with Crippen molar-refractivity contribution in [1.29, 1.82) is 0 Å². The molecule has 178 valence electrons. The maximum Gasteiger partial charge on any atom is 0.419 e. The van der Waals surface area contributed by atoms with Gasteiger partial charge in [0.1, 0.15) is 11.6 Å². The highest BCUT2D eigenvalue weighted by Crippen LogP contribution is 2.45. The van der Waals surface area contributed by atoms with Gasteiger partial charge in [-0.2, -0.15) is 13.2 Å². The van der Waals surface area contributed by atoms with E-state index in [1.807, 2.05) is 0 Å². The number of benzene rings is 1. The number of alkyl halides is 3. The van der Waals surface area contributed by atoms with Crippen molar-refractivity contribution in [2.45, 2.75) is 83.4 Å². The molecule has 0 radical (unpaired) electrons. The van der Waals surface area contributed by atoms with E-state index in [1.165, 1.54) is 25.4 Å². The molecule has 0 aliphatic heterocycles. The molecule has 31 heavy (non-hydrogen) atoms. The van der Waals surface area contributed by atoms with Gasteiger partial charge in [0.2, 0.25) is 0 Å². The second-order valence-electron chi connectivity index (χ2n) is 8.57. The topological polar surface area (TPSA) is 58.7 Å². The van der Waals surface area contributed by atoms with Crippen LogP contribution in [0.4, 0.5) is 17.6 Å². The fourth-order valence-electron chi connectivity index (χ4n) is 3.80. The Labute approximate surface area is 183 Å². The molecule has 0 spiro atoms. The molecule has 1 rings (SSSR count). The Kier molecular flexibility index (Phi) is 9.82. The number of halogens is 4. The van der Waals surface area contributed by atoms with Gasteiger partial charge in [-0.15, -0.1) is 0 Å². The molecule has 0 heterocycles. The minimum Gasteiger partial charge on any atom is -0.496 e. The van der Waals surface area contributed by atoms with Gasteiger partial charge in [-0.25, -0.2) is 10.2 Å². The first-order valence-corrected chi connectivity index (χ1v) is 10.6. The van der Waals surface area contributed by atoms with Crippen molar-refractivity contribution in [2.24, 2.45) is 5.84 Å².